The number of aromatic nitrogens is 1. The van der Waals surface area contributed by atoms with Crippen molar-refractivity contribution >= 4 is 5.82 Å². The first-order valence-electron chi connectivity index (χ1n) is 9.15. The lowest BCUT2D eigenvalue weighted by atomic mass is 9.99. The summed E-state index contributed by atoms with van der Waals surface area (Å²) in [6.45, 7) is 4.57. The van der Waals surface area contributed by atoms with Crippen LogP contribution in [0.15, 0.2) is 42.6 Å². The van der Waals surface area contributed by atoms with E-state index in [4.69, 9.17) is 0 Å². The minimum absolute atomic E-state index is 0.0850. The number of nitrogens with one attached hydrogen (secondary N) is 1. The average molecular weight is 342 g/mol. The molecule has 0 saturated carbocycles. The van der Waals surface area contributed by atoms with Crippen molar-refractivity contribution in [3.05, 3.63) is 59.3 Å². The summed E-state index contributed by atoms with van der Waals surface area (Å²) in [7, 11) is 0. The van der Waals surface area contributed by atoms with E-state index in [0.29, 0.717) is 5.92 Å². The van der Waals surface area contributed by atoms with Gasteiger partial charge < -0.3 is 15.5 Å². The Hall–Kier alpha value is -1.91. The zero-order valence-corrected chi connectivity index (χ0v) is 15.3. The summed E-state index contributed by atoms with van der Waals surface area (Å²) >= 11 is 0. The summed E-state index contributed by atoms with van der Waals surface area (Å²) in [5.41, 5.74) is 3.44. The van der Waals surface area contributed by atoms with E-state index in [9.17, 15) is 10.2 Å². The predicted molar refractivity (Wildman–Crippen MR) is 103 cm³/mol. The molecule has 0 saturated heterocycles. The number of hydrogen-bond donors (Lipinski definition) is 3. The van der Waals surface area contributed by atoms with Crippen LogP contribution in [-0.2, 0) is 19.4 Å². The molecule has 2 atom stereocenters. The van der Waals surface area contributed by atoms with E-state index < -0.39 is 0 Å². The Bertz CT molecular complexity index is 641. The first-order valence-corrected chi connectivity index (χ1v) is 9.15. The number of hydrogen-bond acceptors (Lipinski definition) is 4. The van der Waals surface area contributed by atoms with Crippen molar-refractivity contribution in [3.8, 4) is 0 Å². The fourth-order valence-corrected chi connectivity index (χ4v) is 3.06. The van der Waals surface area contributed by atoms with Crippen LogP contribution in [0.3, 0.4) is 0 Å². The molecule has 0 spiro atoms. The van der Waals surface area contributed by atoms with Gasteiger partial charge in [-0.15, -0.1) is 0 Å². The minimum atomic E-state index is 0.0850. The number of aliphatic hydroxyl groups excluding tert-OH is 2. The number of rotatable bonds is 10. The Balaban J connectivity index is 1.91. The number of aliphatic hydroxyl groups is 2. The standard InChI is InChI=1S/C21H30N2O2/c1-3-17(14-24)11-16(2)23-21-13-19(9-10-22-21)8-7-18-5-4-6-20(12-18)15-25/h4-6,9-10,12-13,16-17,24-25H,3,7-8,11,14-15H2,1-2H3,(H,22,23). The van der Waals surface area contributed by atoms with Crippen molar-refractivity contribution in [2.24, 2.45) is 5.92 Å². The molecule has 0 aliphatic carbocycles. The van der Waals surface area contributed by atoms with Gasteiger partial charge in [0.25, 0.3) is 0 Å². The molecule has 0 fully saturated rings. The highest BCUT2D eigenvalue weighted by Gasteiger charge is 2.11. The second-order valence-electron chi connectivity index (χ2n) is 6.77. The predicted octanol–water partition coefficient (Wildman–Crippen LogP) is 3.57. The van der Waals surface area contributed by atoms with E-state index in [-0.39, 0.29) is 19.3 Å². The summed E-state index contributed by atoms with van der Waals surface area (Å²) in [6.07, 6.45) is 5.65. The Morgan fingerprint density at radius 2 is 1.76 bits per heavy atom. The molecule has 2 rings (SSSR count). The molecule has 4 heteroatoms. The second kappa shape index (κ2) is 10.2. The highest BCUT2D eigenvalue weighted by Crippen LogP contribution is 2.16. The highest BCUT2D eigenvalue weighted by molar-refractivity contribution is 5.38. The van der Waals surface area contributed by atoms with Gasteiger partial charge in [0.1, 0.15) is 5.82 Å². The van der Waals surface area contributed by atoms with Gasteiger partial charge in [-0.1, -0.05) is 37.6 Å². The summed E-state index contributed by atoms with van der Waals surface area (Å²) in [4.78, 5) is 4.41. The van der Waals surface area contributed by atoms with Gasteiger partial charge in [0.15, 0.2) is 0 Å². The van der Waals surface area contributed by atoms with Crippen LogP contribution in [0.5, 0.6) is 0 Å². The molecule has 25 heavy (non-hydrogen) atoms. The second-order valence-corrected chi connectivity index (χ2v) is 6.77. The fraction of sp³-hybridized carbons (Fsp3) is 0.476. The third-order valence-corrected chi connectivity index (χ3v) is 4.62. The third kappa shape index (κ3) is 6.48. The Labute approximate surface area is 150 Å². The van der Waals surface area contributed by atoms with Crippen LogP contribution in [0.25, 0.3) is 0 Å². The maximum absolute atomic E-state index is 9.34. The van der Waals surface area contributed by atoms with Crippen molar-refractivity contribution in [2.75, 3.05) is 11.9 Å². The molecular formula is C21H30N2O2. The molecule has 0 aliphatic heterocycles. The molecule has 1 aromatic heterocycles. The maximum Gasteiger partial charge on any atom is 0.126 e. The molecule has 4 nitrogen and oxygen atoms in total. The molecule has 0 aliphatic rings. The minimum Gasteiger partial charge on any atom is -0.396 e. The normalized spacial score (nSPS) is 13.4. The maximum atomic E-state index is 9.34. The lowest BCUT2D eigenvalue weighted by molar-refractivity contribution is 0.211. The van der Waals surface area contributed by atoms with E-state index in [1.54, 1.807) is 0 Å². The number of anilines is 1. The van der Waals surface area contributed by atoms with Crippen LogP contribution in [0.2, 0.25) is 0 Å². The summed E-state index contributed by atoms with van der Waals surface area (Å²) < 4.78 is 0. The van der Waals surface area contributed by atoms with Gasteiger partial charge in [-0.2, -0.15) is 0 Å². The van der Waals surface area contributed by atoms with Crippen molar-refractivity contribution in [2.45, 2.75) is 52.2 Å². The lowest BCUT2D eigenvalue weighted by Gasteiger charge is -2.19. The molecule has 2 aromatic rings. The summed E-state index contributed by atoms with van der Waals surface area (Å²) in [5, 5.41) is 22.0. The number of benzene rings is 1. The average Bonchev–Trinajstić information content (AvgIpc) is 2.65. The third-order valence-electron chi connectivity index (χ3n) is 4.62. The fourth-order valence-electron chi connectivity index (χ4n) is 3.06. The molecule has 2 unspecified atom stereocenters. The quantitative estimate of drug-likeness (QED) is 0.617. The van der Waals surface area contributed by atoms with Crippen LogP contribution in [0.1, 0.15) is 43.4 Å². The van der Waals surface area contributed by atoms with E-state index >= 15 is 0 Å². The molecule has 1 aromatic carbocycles. The Kier molecular flexibility index (Phi) is 7.89. The van der Waals surface area contributed by atoms with Crippen LogP contribution in [-0.4, -0.2) is 27.8 Å². The smallest absolute Gasteiger partial charge is 0.126 e. The van der Waals surface area contributed by atoms with Gasteiger partial charge >= 0.3 is 0 Å². The molecule has 3 N–H and O–H groups in total. The van der Waals surface area contributed by atoms with Gasteiger partial charge in [0.05, 0.1) is 6.61 Å². The molecule has 0 amide bonds. The number of nitrogens with zero attached hydrogens (tertiary/aromatic N) is 1. The zero-order valence-electron chi connectivity index (χ0n) is 15.3. The molecule has 0 radical (unpaired) electrons. The summed E-state index contributed by atoms with van der Waals surface area (Å²) in [5.74, 6) is 1.23. The monoisotopic (exact) mass is 342 g/mol. The van der Waals surface area contributed by atoms with Gasteiger partial charge in [-0.05, 0) is 60.9 Å². The van der Waals surface area contributed by atoms with E-state index in [2.05, 4.69) is 42.3 Å². The van der Waals surface area contributed by atoms with Crippen molar-refractivity contribution in [1.82, 2.24) is 4.98 Å². The van der Waals surface area contributed by atoms with Crippen molar-refractivity contribution in [3.63, 3.8) is 0 Å². The van der Waals surface area contributed by atoms with Crippen LogP contribution < -0.4 is 5.32 Å². The zero-order chi connectivity index (χ0) is 18.1. The van der Waals surface area contributed by atoms with Gasteiger partial charge in [0.2, 0.25) is 0 Å². The highest BCUT2D eigenvalue weighted by atomic mass is 16.3. The van der Waals surface area contributed by atoms with E-state index in [1.807, 2.05) is 24.4 Å². The SMILES string of the molecule is CCC(CO)CC(C)Nc1cc(CCc2cccc(CO)c2)ccn1. The molecule has 136 valence electrons. The van der Waals surface area contributed by atoms with E-state index in [0.717, 1.165) is 37.1 Å². The molecular weight excluding hydrogens is 312 g/mol. The Morgan fingerprint density at radius 3 is 2.44 bits per heavy atom. The number of aryl methyl sites for hydroxylation is 2. The van der Waals surface area contributed by atoms with Gasteiger partial charge in [0, 0.05) is 18.8 Å². The van der Waals surface area contributed by atoms with Gasteiger partial charge in [-0.3, -0.25) is 0 Å². The largest absolute Gasteiger partial charge is 0.396 e. The van der Waals surface area contributed by atoms with E-state index in [1.165, 1.54) is 11.1 Å². The van der Waals surface area contributed by atoms with Crippen molar-refractivity contribution < 1.29 is 10.2 Å². The first-order chi connectivity index (χ1) is 12.1. The topological polar surface area (TPSA) is 65.4 Å². The van der Waals surface area contributed by atoms with Crippen LogP contribution in [0.4, 0.5) is 5.82 Å². The summed E-state index contributed by atoms with van der Waals surface area (Å²) in [6, 6.07) is 12.5. The lowest BCUT2D eigenvalue weighted by Crippen LogP contribution is -2.21. The van der Waals surface area contributed by atoms with Gasteiger partial charge in [-0.25, -0.2) is 4.98 Å². The van der Waals surface area contributed by atoms with Crippen molar-refractivity contribution in [1.29, 1.82) is 0 Å². The van der Waals surface area contributed by atoms with Crippen LogP contribution >= 0.6 is 0 Å². The molecule has 0 bridgehead atoms. The van der Waals surface area contributed by atoms with Crippen LogP contribution in [0, 0.1) is 5.92 Å². The first kappa shape index (κ1) is 19.4. The Morgan fingerprint density at radius 1 is 1.04 bits per heavy atom. The number of pyridine rings is 1. The molecule has 1 heterocycles.